The quantitative estimate of drug-likeness (QED) is 0.486. The molecule has 0 aromatic carbocycles. The van der Waals surface area contributed by atoms with Crippen LogP contribution in [0.5, 0.6) is 0 Å². The fourth-order valence-electron chi connectivity index (χ4n) is 2.15. The number of nitrogens with zero attached hydrogens (tertiary/aromatic N) is 1. The second kappa shape index (κ2) is 5.70. The Bertz CT molecular complexity index is 409. The Morgan fingerprint density at radius 2 is 2.26 bits per heavy atom. The van der Waals surface area contributed by atoms with Crippen LogP contribution in [0.15, 0.2) is 24.0 Å². The Balaban J connectivity index is 1.97. The predicted octanol–water partition coefficient (Wildman–Crippen LogP) is -1.73. The Morgan fingerprint density at radius 1 is 1.53 bits per heavy atom. The summed E-state index contributed by atoms with van der Waals surface area (Å²) in [5, 5.41) is 31.2. The van der Waals surface area contributed by atoms with Crippen LogP contribution in [0.1, 0.15) is 6.92 Å². The van der Waals surface area contributed by atoms with E-state index in [0.717, 1.165) is 0 Å². The summed E-state index contributed by atoms with van der Waals surface area (Å²) >= 11 is 0. The molecule has 0 aromatic heterocycles. The molecule has 19 heavy (non-hydrogen) atoms. The van der Waals surface area contributed by atoms with Crippen molar-refractivity contribution in [2.24, 2.45) is 0 Å². The second-order valence-electron chi connectivity index (χ2n) is 4.58. The van der Waals surface area contributed by atoms with Gasteiger partial charge in [-0.25, -0.2) is 0 Å². The van der Waals surface area contributed by atoms with Crippen molar-refractivity contribution in [3.8, 4) is 0 Å². The first kappa shape index (κ1) is 14.0. The molecule has 0 saturated carbocycles. The maximum absolute atomic E-state index is 10.9. The van der Waals surface area contributed by atoms with Crippen LogP contribution in [-0.4, -0.2) is 63.8 Å². The zero-order valence-electron chi connectivity index (χ0n) is 10.6. The van der Waals surface area contributed by atoms with Crippen molar-refractivity contribution in [2.75, 3.05) is 13.2 Å². The van der Waals surface area contributed by atoms with Crippen molar-refractivity contribution in [2.45, 2.75) is 31.5 Å². The fourth-order valence-corrected chi connectivity index (χ4v) is 2.15. The van der Waals surface area contributed by atoms with Crippen molar-refractivity contribution in [1.82, 2.24) is 10.2 Å². The maximum Gasteiger partial charge on any atom is 0.221 e. The summed E-state index contributed by atoms with van der Waals surface area (Å²) in [6.07, 6.45) is 1.44. The minimum Gasteiger partial charge on any atom is -0.394 e. The van der Waals surface area contributed by atoms with Gasteiger partial charge in [-0.1, -0.05) is 0 Å². The number of aliphatic hydroxyl groups is 3. The average molecular weight is 270 g/mol. The van der Waals surface area contributed by atoms with Gasteiger partial charge >= 0.3 is 0 Å². The van der Waals surface area contributed by atoms with Crippen molar-refractivity contribution in [3.63, 3.8) is 0 Å². The SMILES string of the molecule is CC(=O)NC1=CCN([C@@H]2O[C@H](CO)[C@@H](O)[C@H]2O)C=C1. The highest BCUT2D eigenvalue weighted by Gasteiger charge is 2.44. The molecular weight excluding hydrogens is 252 g/mol. The lowest BCUT2D eigenvalue weighted by atomic mass is 10.1. The first-order valence-corrected chi connectivity index (χ1v) is 6.07. The summed E-state index contributed by atoms with van der Waals surface area (Å²) in [6, 6.07) is 0. The molecule has 2 heterocycles. The van der Waals surface area contributed by atoms with E-state index in [2.05, 4.69) is 5.32 Å². The summed E-state index contributed by atoms with van der Waals surface area (Å²) in [5.74, 6) is -0.155. The highest BCUT2D eigenvalue weighted by molar-refractivity contribution is 5.75. The van der Waals surface area contributed by atoms with Crippen molar-refractivity contribution in [1.29, 1.82) is 0 Å². The van der Waals surface area contributed by atoms with Crippen LogP contribution in [0, 0.1) is 0 Å². The lowest BCUT2D eigenvalue weighted by Crippen LogP contribution is -2.42. The molecular formula is C12H18N2O5. The van der Waals surface area contributed by atoms with Gasteiger partial charge in [0.05, 0.1) is 6.61 Å². The molecule has 1 fully saturated rings. The van der Waals surface area contributed by atoms with Crippen LogP contribution in [0.25, 0.3) is 0 Å². The van der Waals surface area contributed by atoms with E-state index in [1.54, 1.807) is 23.3 Å². The van der Waals surface area contributed by atoms with Gasteiger partial charge in [0.25, 0.3) is 0 Å². The minimum atomic E-state index is -1.11. The number of carbonyl (C=O) groups is 1. The van der Waals surface area contributed by atoms with Crippen LogP contribution >= 0.6 is 0 Å². The third-order valence-corrected chi connectivity index (χ3v) is 3.13. The largest absolute Gasteiger partial charge is 0.394 e. The third-order valence-electron chi connectivity index (χ3n) is 3.13. The molecule has 0 spiro atoms. The Hall–Kier alpha value is -1.41. The molecule has 7 nitrogen and oxygen atoms in total. The van der Waals surface area contributed by atoms with Gasteiger partial charge in [-0.3, -0.25) is 4.79 Å². The minimum absolute atomic E-state index is 0.155. The number of aliphatic hydroxyl groups excluding tert-OH is 3. The van der Waals surface area contributed by atoms with Gasteiger partial charge in [0, 0.05) is 25.4 Å². The molecule has 2 aliphatic rings. The van der Waals surface area contributed by atoms with E-state index in [1.165, 1.54) is 6.92 Å². The molecule has 0 bridgehead atoms. The lowest BCUT2D eigenvalue weighted by molar-refractivity contribution is -0.118. The van der Waals surface area contributed by atoms with Crippen molar-refractivity contribution >= 4 is 5.91 Å². The van der Waals surface area contributed by atoms with Crippen LogP contribution in [0.3, 0.4) is 0 Å². The van der Waals surface area contributed by atoms with Gasteiger partial charge in [-0.2, -0.15) is 0 Å². The number of hydrogen-bond acceptors (Lipinski definition) is 6. The number of hydrogen-bond donors (Lipinski definition) is 4. The zero-order valence-corrected chi connectivity index (χ0v) is 10.6. The van der Waals surface area contributed by atoms with Gasteiger partial charge in [-0.15, -0.1) is 0 Å². The summed E-state index contributed by atoms with van der Waals surface area (Å²) in [7, 11) is 0. The highest BCUT2D eigenvalue weighted by atomic mass is 16.6. The Kier molecular flexibility index (Phi) is 4.20. The van der Waals surface area contributed by atoms with Crippen LogP contribution in [-0.2, 0) is 9.53 Å². The van der Waals surface area contributed by atoms with Gasteiger partial charge in [0.15, 0.2) is 6.23 Å². The van der Waals surface area contributed by atoms with E-state index in [-0.39, 0.29) is 12.5 Å². The lowest BCUT2D eigenvalue weighted by Gasteiger charge is -2.30. The summed E-state index contributed by atoms with van der Waals surface area (Å²) in [4.78, 5) is 12.6. The number of allylic oxidation sites excluding steroid dienone is 1. The maximum atomic E-state index is 10.9. The molecule has 0 radical (unpaired) electrons. The summed E-state index contributed by atoms with van der Waals surface area (Å²) in [6.45, 7) is 1.51. The number of carbonyl (C=O) groups excluding carboxylic acids is 1. The van der Waals surface area contributed by atoms with Crippen LogP contribution in [0.2, 0.25) is 0 Å². The molecule has 4 atom stereocenters. The number of nitrogens with one attached hydrogen (secondary N) is 1. The zero-order chi connectivity index (χ0) is 14.0. The molecule has 106 valence electrons. The van der Waals surface area contributed by atoms with Gasteiger partial charge < -0.3 is 30.3 Å². The van der Waals surface area contributed by atoms with Crippen molar-refractivity contribution in [3.05, 3.63) is 24.0 Å². The smallest absolute Gasteiger partial charge is 0.221 e. The topological polar surface area (TPSA) is 102 Å². The van der Waals surface area contributed by atoms with E-state index in [4.69, 9.17) is 9.84 Å². The average Bonchev–Trinajstić information content (AvgIpc) is 2.66. The standard InChI is InChI=1S/C12H18N2O5/c1-7(16)13-8-2-4-14(5-3-8)12-11(18)10(17)9(6-15)19-12/h2-4,9-12,15,17-18H,5-6H2,1H3,(H,13,16)/t9-,10-,11-,12-/m1/s1. The third kappa shape index (κ3) is 2.95. The molecule has 2 aliphatic heterocycles. The molecule has 4 N–H and O–H groups in total. The molecule has 0 unspecified atom stereocenters. The molecule has 1 amide bonds. The molecule has 7 heteroatoms. The van der Waals surface area contributed by atoms with Gasteiger partial charge in [0.2, 0.25) is 5.91 Å². The molecule has 0 aromatic rings. The van der Waals surface area contributed by atoms with E-state index < -0.39 is 24.5 Å². The Labute approximate surface area is 110 Å². The van der Waals surface area contributed by atoms with E-state index >= 15 is 0 Å². The Morgan fingerprint density at radius 3 is 2.74 bits per heavy atom. The van der Waals surface area contributed by atoms with E-state index in [1.807, 2.05) is 0 Å². The second-order valence-corrected chi connectivity index (χ2v) is 4.58. The van der Waals surface area contributed by atoms with E-state index in [9.17, 15) is 15.0 Å². The normalized spacial score (nSPS) is 34.3. The fraction of sp³-hybridized carbons (Fsp3) is 0.583. The number of amides is 1. The number of rotatable bonds is 3. The first-order valence-electron chi connectivity index (χ1n) is 6.07. The molecule has 2 rings (SSSR count). The van der Waals surface area contributed by atoms with Gasteiger partial charge in [0.1, 0.15) is 18.3 Å². The molecule has 1 saturated heterocycles. The predicted molar refractivity (Wildman–Crippen MR) is 65.5 cm³/mol. The van der Waals surface area contributed by atoms with Crippen LogP contribution in [0.4, 0.5) is 0 Å². The summed E-state index contributed by atoms with van der Waals surface area (Å²) < 4.78 is 5.40. The van der Waals surface area contributed by atoms with Crippen LogP contribution < -0.4 is 5.32 Å². The first-order chi connectivity index (χ1) is 9.02. The number of ether oxygens (including phenoxy) is 1. The van der Waals surface area contributed by atoms with Gasteiger partial charge in [-0.05, 0) is 12.2 Å². The van der Waals surface area contributed by atoms with Crippen molar-refractivity contribution < 1.29 is 24.9 Å². The summed E-state index contributed by atoms with van der Waals surface area (Å²) in [5.41, 5.74) is 0.676. The van der Waals surface area contributed by atoms with E-state index in [0.29, 0.717) is 12.2 Å². The highest BCUT2D eigenvalue weighted by Crippen LogP contribution is 2.25. The monoisotopic (exact) mass is 270 g/mol. The molecule has 0 aliphatic carbocycles.